The van der Waals surface area contributed by atoms with Crippen LogP contribution >= 0.6 is 15.9 Å². The standard InChI is InChI=1S/C22H25BrN2O4/c1-13-5-6-14(2)19(11-13)25-20(26)9-10-22(28)29-12-21(27)24-18-8-7-17(23)15(3)16(18)4/h5-8,11H,9-10,12H2,1-4H3,(H,24,27)(H,25,26). The molecule has 0 saturated carbocycles. The molecule has 0 unspecified atom stereocenters. The highest BCUT2D eigenvalue weighted by Crippen LogP contribution is 2.25. The molecule has 29 heavy (non-hydrogen) atoms. The van der Waals surface area contributed by atoms with Crippen molar-refractivity contribution in [2.24, 2.45) is 0 Å². The maximum absolute atomic E-state index is 12.1. The fraction of sp³-hybridized carbons (Fsp3) is 0.318. The predicted molar refractivity (Wildman–Crippen MR) is 117 cm³/mol. The Morgan fingerprint density at radius 2 is 1.55 bits per heavy atom. The Kier molecular flexibility index (Phi) is 7.96. The van der Waals surface area contributed by atoms with Gasteiger partial charge in [0.1, 0.15) is 0 Å². The molecule has 0 aromatic heterocycles. The first-order valence-corrected chi connectivity index (χ1v) is 10.0. The van der Waals surface area contributed by atoms with Gasteiger partial charge in [-0.05, 0) is 68.1 Å². The lowest BCUT2D eigenvalue weighted by atomic mass is 10.1. The summed E-state index contributed by atoms with van der Waals surface area (Å²) in [4.78, 5) is 35.9. The zero-order valence-corrected chi connectivity index (χ0v) is 18.6. The second kappa shape index (κ2) is 10.2. The monoisotopic (exact) mass is 460 g/mol. The van der Waals surface area contributed by atoms with Gasteiger partial charge in [0, 0.05) is 22.3 Å². The number of ether oxygens (including phenoxy) is 1. The van der Waals surface area contributed by atoms with Gasteiger partial charge in [0.25, 0.3) is 5.91 Å². The Bertz CT molecular complexity index is 941. The summed E-state index contributed by atoms with van der Waals surface area (Å²) in [5.74, 6) is -1.30. The van der Waals surface area contributed by atoms with E-state index in [0.29, 0.717) is 5.69 Å². The Hall–Kier alpha value is -2.67. The van der Waals surface area contributed by atoms with Crippen molar-refractivity contribution in [1.29, 1.82) is 0 Å². The third-order valence-corrected chi connectivity index (χ3v) is 5.44. The maximum Gasteiger partial charge on any atom is 0.306 e. The molecule has 2 aromatic rings. The molecule has 0 aliphatic rings. The van der Waals surface area contributed by atoms with Gasteiger partial charge in [0.2, 0.25) is 5.91 Å². The third-order valence-electron chi connectivity index (χ3n) is 4.58. The summed E-state index contributed by atoms with van der Waals surface area (Å²) >= 11 is 3.44. The van der Waals surface area contributed by atoms with Crippen LogP contribution in [0.25, 0.3) is 0 Å². The average molecular weight is 461 g/mol. The molecule has 0 heterocycles. The normalized spacial score (nSPS) is 10.4. The topological polar surface area (TPSA) is 84.5 Å². The van der Waals surface area contributed by atoms with Crippen LogP contribution in [0.15, 0.2) is 34.8 Å². The molecule has 2 N–H and O–H groups in total. The van der Waals surface area contributed by atoms with Crippen molar-refractivity contribution in [3.63, 3.8) is 0 Å². The number of benzene rings is 2. The van der Waals surface area contributed by atoms with Crippen LogP contribution in [0.5, 0.6) is 0 Å². The van der Waals surface area contributed by atoms with E-state index in [9.17, 15) is 14.4 Å². The quantitative estimate of drug-likeness (QED) is 0.591. The molecule has 0 saturated heterocycles. The number of halogens is 1. The fourth-order valence-corrected chi connectivity index (χ4v) is 3.06. The number of anilines is 2. The Morgan fingerprint density at radius 3 is 2.28 bits per heavy atom. The number of aryl methyl sites for hydroxylation is 2. The maximum atomic E-state index is 12.1. The third kappa shape index (κ3) is 6.71. The van der Waals surface area contributed by atoms with Gasteiger partial charge < -0.3 is 15.4 Å². The number of carbonyl (C=O) groups is 3. The van der Waals surface area contributed by atoms with Gasteiger partial charge in [-0.25, -0.2) is 0 Å². The molecule has 2 amide bonds. The molecule has 7 heteroatoms. The van der Waals surface area contributed by atoms with E-state index in [1.54, 1.807) is 6.07 Å². The van der Waals surface area contributed by atoms with Gasteiger partial charge in [0.15, 0.2) is 6.61 Å². The molecular weight excluding hydrogens is 436 g/mol. The number of hydrogen-bond donors (Lipinski definition) is 2. The first-order chi connectivity index (χ1) is 13.7. The SMILES string of the molecule is Cc1ccc(C)c(NC(=O)CCC(=O)OCC(=O)Nc2ccc(Br)c(C)c2C)c1. The van der Waals surface area contributed by atoms with Crippen molar-refractivity contribution < 1.29 is 19.1 Å². The summed E-state index contributed by atoms with van der Waals surface area (Å²) in [6.45, 7) is 7.28. The lowest BCUT2D eigenvalue weighted by Gasteiger charge is -2.12. The summed E-state index contributed by atoms with van der Waals surface area (Å²) in [6, 6.07) is 9.39. The average Bonchev–Trinajstić information content (AvgIpc) is 2.68. The van der Waals surface area contributed by atoms with E-state index in [0.717, 1.165) is 32.4 Å². The summed E-state index contributed by atoms with van der Waals surface area (Å²) in [5.41, 5.74) is 5.33. The van der Waals surface area contributed by atoms with E-state index < -0.39 is 18.5 Å². The number of esters is 1. The number of amides is 2. The lowest BCUT2D eigenvalue weighted by Crippen LogP contribution is -2.22. The second-order valence-electron chi connectivity index (χ2n) is 6.92. The smallest absolute Gasteiger partial charge is 0.306 e. The molecule has 154 valence electrons. The van der Waals surface area contributed by atoms with E-state index in [1.807, 2.05) is 52.0 Å². The van der Waals surface area contributed by atoms with Crippen molar-refractivity contribution >= 4 is 45.1 Å². The molecular formula is C22H25BrN2O4. The highest BCUT2D eigenvalue weighted by atomic mass is 79.9. The molecule has 0 aliphatic carbocycles. The van der Waals surface area contributed by atoms with Crippen LogP contribution in [0, 0.1) is 27.7 Å². The van der Waals surface area contributed by atoms with E-state index in [-0.39, 0.29) is 18.7 Å². The van der Waals surface area contributed by atoms with Crippen LogP contribution in [0.3, 0.4) is 0 Å². The zero-order valence-electron chi connectivity index (χ0n) is 17.0. The zero-order chi connectivity index (χ0) is 21.6. The van der Waals surface area contributed by atoms with Gasteiger partial charge >= 0.3 is 5.97 Å². The minimum Gasteiger partial charge on any atom is -0.456 e. The largest absolute Gasteiger partial charge is 0.456 e. The summed E-state index contributed by atoms with van der Waals surface area (Å²) < 4.78 is 5.93. The van der Waals surface area contributed by atoms with Crippen molar-refractivity contribution in [3.8, 4) is 0 Å². The molecule has 0 atom stereocenters. The van der Waals surface area contributed by atoms with Crippen LogP contribution in [0.1, 0.15) is 35.1 Å². The van der Waals surface area contributed by atoms with Gasteiger partial charge in [-0.15, -0.1) is 0 Å². The van der Waals surface area contributed by atoms with Crippen molar-refractivity contribution in [2.45, 2.75) is 40.5 Å². The van der Waals surface area contributed by atoms with Crippen LogP contribution in [-0.2, 0) is 19.1 Å². The van der Waals surface area contributed by atoms with E-state index in [1.165, 1.54) is 0 Å². The first kappa shape index (κ1) is 22.6. The second-order valence-corrected chi connectivity index (χ2v) is 7.77. The number of carbonyl (C=O) groups excluding carboxylic acids is 3. The first-order valence-electron chi connectivity index (χ1n) is 9.25. The van der Waals surface area contributed by atoms with Gasteiger partial charge in [-0.1, -0.05) is 28.1 Å². The number of nitrogens with one attached hydrogen (secondary N) is 2. The van der Waals surface area contributed by atoms with Crippen LogP contribution < -0.4 is 10.6 Å². The van der Waals surface area contributed by atoms with Crippen molar-refractivity contribution in [3.05, 3.63) is 57.1 Å². The van der Waals surface area contributed by atoms with E-state index in [4.69, 9.17) is 4.74 Å². The minimum atomic E-state index is -0.597. The molecule has 0 bridgehead atoms. The Balaban J connectivity index is 1.76. The van der Waals surface area contributed by atoms with Crippen LogP contribution in [0.4, 0.5) is 11.4 Å². The van der Waals surface area contributed by atoms with Crippen LogP contribution in [0.2, 0.25) is 0 Å². The summed E-state index contributed by atoms with van der Waals surface area (Å²) in [5, 5.41) is 5.52. The molecule has 0 spiro atoms. The van der Waals surface area contributed by atoms with E-state index >= 15 is 0 Å². The molecule has 0 radical (unpaired) electrons. The highest BCUT2D eigenvalue weighted by Gasteiger charge is 2.13. The van der Waals surface area contributed by atoms with Crippen molar-refractivity contribution in [1.82, 2.24) is 0 Å². The summed E-state index contributed by atoms with van der Waals surface area (Å²) in [7, 11) is 0. The van der Waals surface area contributed by atoms with Gasteiger partial charge in [-0.2, -0.15) is 0 Å². The minimum absolute atomic E-state index is 0.0150. The molecule has 0 aliphatic heterocycles. The van der Waals surface area contributed by atoms with E-state index in [2.05, 4.69) is 26.6 Å². The molecule has 2 rings (SSSR count). The Labute approximate surface area is 179 Å². The highest BCUT2D eigenvalue weighted by molar-refractivity contribution is 9.10. The van der Waals surface area contributed by atoms with Crippen LogP contribution in [-0.4, -0.2) is 24.4 Å². The molecule has 2 aromatic carbocycles. The van der Waals surface area contributed by atoms with Gasteiger partial charge in [0.05, 0.1) is 6.42 Å². The van der Waals surface area contributed by atoms with Gasteiger partial charge in [-0.3, -0.25) is 14.4 Å². The lowest BCUT2D eigenvalue weighted by molar-refractivity contribution is -0.147. The Morgan fingerprint density at radius 1 is 0.862 bits per heavy atom. The fourth-order valence-electron chi connectivity index (χ4n) is 2.63. The molecule has 6 nitrogen and oxygen atoms in total. The summed E-state index contributed by atoms with van der Waals surface area (Å²) in [6.07, 6.45) is -0.112. The molecule has 0 fully saturated rings. The number of rotatable bonds is 7. The predicted octanol–water partition coefficient (Wildman–Crippen LogP) is 4.58. The van der Waals surface area contributed by atoms with Crippen molar-refractivity contribution in [2.75, 3.05) is 17.2 Å². The number of hydrogen-bond acceptors (Lipinski definition) is 4.